The van der Waals surface area contributed by atoms with Crippen LogP contribution in [0.1, 0.15) is 50.9 Å². The number of esters is 1. The molecule has 0 unspecified atom stereocenters. The van der Waals surface area contributed by atoms with Crippen molar-refractivity contribution in [1.29, 1.82) is 0 Å². The number of anilines is 1. The number of quaternary nitrogens is 1. The predicted octanol–water partition coefficient (Wildman–Crippen LogP) is 1.81. The van der Waals surface area contributed by atoms with Crippen LogP contribution in [0.2, 0.25) is 0 Å². The lowest BCUT2D eigenvalue weighted by Gasteiger charge is -2.51. The van der Waals surface area contributed by atoms with Crippen LogP contribution in [0, 0.1) is 5.92 Å². The van der Waals surface area contributed by atoms with Crippen molar-refractivity contribution in [2.75, 3.05) is 38.3 Å². The van der Waals surface area contributed by atoms with E-state index in [2.05, 4.69) is 5.32 Å². The summed E-state index contributed by atoms with van der Waals surface area (Å²) in [5.41, 5.74) is 0.934. The molecule has 4 aliphatic heterocycles. The maximum atomic E-state index is 12.8. The van der Waals surface area contributed by atoms with Crippen molar-refractivity contribution >= 4 is 23.5 Å². The number of Topliss-reactive ketones (excluding diaryl/α,β-unsaturated/α-hetero) is 1. The first kappa shape index (κ1) is 30.4. The van der Waals surface area contributed by atoms with Gasteiger partial charge < -0.3 is 40.4 Å². The number of para-hydroxylation sites is 1. The summed E-state index contributed by atoms with van der Waals surface area (Å²) in [7, 11) is 0. The van der Waals surface area contributed by atoms with Crippen molar-refractivity contribution in [3.05, 3.63) is 54.1 Å². The van der Waals surface area contributed by atoms with E-state index in [-0.39, 0.29) is 41.6 Å². The normalized spacial score (nSPS) is 22.5. The summed E-state index contributed by atoms with van der Waals surface area (Å²) in [6.45, 7) is 10.3. The van der Waals surface area contributed by atoms with Gasteiger partial charge in [0, 0.05) is 36.9 Å². The Hall–Kier alpha value is -3.11. The van der Waals surface area contributed by atoms with Crippen LogP contribution in [0.25, 0.3) is 0 Å². The SMILES string of the molecule is CC(=O)O[C@H]1C[N+]2(CC(=O)c3ccc4c(c3)OCO4)CCC1CC2.CC(C)(C)OC(=O)Nc1ccccc1.[Br-]. The summed E-state index contributed by atoms with van der Waals surface area (Å²) in [5, 5.41) is 2.64. The van der Waals surface area contributed by atoms with Crippen molar-refractivity contribution in [3.8, 4) is 11.5 Å². The molecule has 2 aromatic carbocycles. The Labute approximate surface area is 240 Å². The molecule has 0 radical (unpaired) electrons. The van der Waals surface area contributed by atoms with Gasteiger partial charge in [0.05, 0.1) is 13.1 Å². The van der Waals surface area contributed by atoms with E-state index in [1.165, 1.54) is 6.92 Å². The van der Waals surface area contributed by atoms with Gasteiger partial charge in [-0.3, -0.25) is 14.9 Å². The first-order chi connectivity index (χ1) is 18.0. The maximum Gasteiger partial charge on any atom is 0.412 e. The second-order valence-electron chi connectivity index (χ2n) is 11.1. The molecule has 39 heavy (non-hydrogen) atoms. The highest BCUT2D eigenvalue weighted by Crippen LogP contribution is 2.37. The van der Waals surface area contributed by atoms with Crippen molar-refractivity contribution in [2.45, 2.75) is 52.2 Å². The van der Waals surface area contributed by atoms with Gasteiger partial charge in [0.2, 0.25) is 12.6 Å². The molecule has 10 heteroatoms. The third kappa shape index (κ3) is 8.44. The molecule has 9 nitrogen and oxygen atoms in total. The van der Waals surface area contributed by atoms with E-state index >= 15 is 0 Å². The first-order valence-corrected chi connectivity index (χ1v) is 13.0. The number of fused-ring (bicyclic) bond motifs is 4. The number of amides is 1. The van der Waals surface area contributed by atoms with Gasteiger partial charge in [0.1, 0.15) is 18.7 Å². The topological polar surface area (TPSA) is 100 Å². The van der Waals surface area contributed by atoms with E-state index < -0.39 is 11.7 Å². The predicted molar refractivity (Wildman–Crippen MR) is 141 cm³/mol. The fourth-order valence-corrected chi connectivity index (χ4v) is 5.20. The van der Waals surface area contributed by atoms with E-state index in [1.54, 1.807) is 18.2 Å². The van der Waals surface area contributed by atoms with E-state index in [0.717, 1.165) is 42.6 Å². The number of carbonyl (C=O) groups is 3. The Balaban J connectivity index is 0.000000242. The summed E-state index contributed by atoms with van der Waals surface area (Å²) in [4.78, 5) is 35.4. The van der Waals surface area contributed by atoms with Gasteiger partial charge in [-0.2, -0.15) is 0 Å². The minimum Gasteiger partial charge on any atom is -1.00 e. The second-order valence-corrected chi connectivity index (χ2v) is 11.1. The zero-order chi connectivity index (χ0) is 27.3. The quantitative estimate of drug-likeness (QED) is 0.316. The standard InChI is InChI=1S/C18H22NO5.C11H15NO2.BrH/c1-12(20)24-18-10-19(6-4-13(18)5-7-19)9-15(21)14-2-3-16-17(8-14)23-11-22-16;1-11(2,3)14-10(13)12-9-7-5-4-6-8-9;/h2-3,8,13,18H,4-7,9-11H2,1H3;4-8H,1-3H3,(H,12,13);1H/q+1;;/p-1/t13?,18-,19?;;/m0../s1. The average Bonchev–Trinajstić information content (AvgIpc) is 3.32. The fourth-order valence-electron chi connectivity index (χ4n) is 5.20. The highest BCUT2D eigenvalue weighted by Gasteiger charge is 2.48. The number of hydrogen-bond acceptors (Lipinski definition) is 7. The van der Waals surface area contributed by atoms with Crippen LogP contribution in [0.15, 0.2) is 48.5 Å². The van der Waals surface area contributed by atoms with E-state index in [4.69, 9.17) is 18.9 Å². The van der Waals surface area contributed by atoms with Gasteiger partial charge >= 0.3 is 12.1 Å². The largest absolute Gasteiger partial charge is 1.00 e. The van der Waals surface area contributed by atoms with Crippen molar-refractivity contribution in [1.82, 2.24) is 0 Å². The summed E-state index contributed by atoms with van der Waals surface area (Å²) >= 11 is 0. The molecular weight excluding hydrogens is 568 g/mol. The van der Waals surface area contributed by atoms with E-state index in [1.807, 2.05) is 51.1 Å². The molecule has 0 aromatic heterocycles. The summed E-state index contributed by atoms with van der Waals surface area (Å²) < 4.78 is 22.0. The Morgan fingerprint density at radius 1 is 1.00 bits per heavy atom. The summed E-state index contributed by atoms with van der Waals surface area (Å²) in [6.07, 6.45) is 1.57. The molecule has 0 saturated carbocycles. The minimum absolute atomic E-state index is 0. The van der Waals surface area contributed by atoms with E-state index in [9.17, 15) is 14.4 Å². The summed E-state index contributed by atoms with van der Waals surface area (Å²) in [6, 6.07) is 14.6. The number of hydrogen-bond donors (Lipinski definition) is 1. The van der Waals surface area contributed by atoms with Gasteiger partial charge in [-0.25, -0.2) is 4.79 Å². The third-order valence-electron chi connectivity index (χ3n) is 6.95. The molecule has 1 N–H and O–H groups in total. The number of nitrogens with one attached hydrogen (secondary N) is 1. The summed E-state index contributed by atoms with van der Waals surface area (Å²) in [5.74, 6) is 1.65. The number of ether oxygens (including phenoxy) is 4. The molecular formula is C29H37BrN2O7. The van der Waals surface area contributed by atoms with Crippen LogP contribution in [0.5, 0.6) is 11.5 Å². The van der Waals surface area contributed by atoms with Gasteiger partial charge in [-0.05, 0) is 51.1 Å². The molecule has 212 valence electrons. The monoisotopic (exact) mass is 604 g/mol. The zero-order valence-electron chi connectivity index (χ0n) is 22.9. The number of piperidine rings is 3. The molecule has 3 fully saturated rings. The number of ketones is 1. The van der Waals surface area contributed by atoms with Crippen LogP contribution in [0.4, 0.5) is 10.5 Å². The van der Waals surface area contributed by atoms with E-state index in [0.29, 0.717) is 29.5 Å². The molecule has 6 rings (SSSR count). The molecule has 0 spiro atoms. The highest BCUT2D eigenvalue weighted by atomic mass is 79.9. The van der Waals surface area contributed by atoms with Crippen LogP contribution in [-0.4, -0.2) is 67.0 Å². The van der Waals surface area contributed by atoms with Gasteiger partial charge in [0.25, 0.3) is 0 Å². The number of nitrogens with zero attached hydrogens (tertiary/aromatic N) is 1. The smallest absolute Gasteiger partial charge is 0.412 e. The van der Waals surface area contributed by atoms with Gasteiger partial charge in [-0.15, -0.1) is 0 Å². The molecule has 2 aromatic rings. The number of halogens is 1. The Morgan fingerprint density at radius 2 is 1.67 bits per heavy atom. The van der Waals surface area contributed by atoms with Crippen LogP contribution >= 0.6 is 0 Å². The van der Waals surface area contributed by atoms with Crippen LogP contribution in [-0.2, 0) is 14.3 Å². The van der Waals surface area contributed by atoms with Gasteiger partial charge in [0.15, 0.2) is 17.6 Å². The van der Waals surface area contributed by atoms with Crippen LogP contribution < -0.4 is 31.8 Å². The number of carbonyl (C=O) groups excluding carboxylic acids is 3. The number of rotatable bonds is 5. The molecule has 3 saturated heterocycles. The Bertz CT molecular complexity index is 1160. The molecule has 1 atom stereocenters. The Kier molecular flexibility index (Phi) is 10.0. The third-order valence-corrected chi connectivity index (χ3v) is 6.95. The maximum absolute atomic E-state index is 12.8. The lowest BCUT2D eigenvalue weighted by atomic mass is 9.83. The Morgan fingerprint density at radius 3 is 2.31 bits per heavy atom. The molecule has 0 aliphatic carbocycles. The highest BCUT2D eigenvalue weighted by molar-refractivity contribution is 5.97. The van der Waals surface area contributed by atoms with Gasteiger partial charge in [-0.1, -0.05) is 18.2 Å². The lowest BCUT2D eigenvalue weighted by Crippen LogP contribution is -3.00. The minimum atomic E-state index is -0.459. The number of benzene rings is 2. The second kappa shape index (κ2) is 12.8. The average molecular weight is 606 g/mol. The zero-order valence-corrected chi connectivity index (χ0v) is 24.5. The van der Waals surface area contributed by atoms with Crippen molar-refractivity contribution < 1.29 is 54.8 Å². The van der Waals surface area contributed by atoms with Crippen molar-refractivity contribution in [3.63, 3.8) is 0 Å². The first-order valence-electron chi connectivity index (χ1n) is 13.0. The molecule has 4 aliphatic rings. The van der Waals surface area contributed by atoms with Crippen molar-refractivity contribution in [2.24, 2.45) is 5.92 Å². The lowest BCUT2D eigenvalue weighted by molar-refractivity contribution is -0.938. The fraction of sp³-hybridized carbons (Fsp3) is 0.483. The molecule has 1 amide bonds. The molecule has 4 heterocycles. The molecule has 2 bridgehead atoms. The van der Waals surface area contributed by atoms with Crippen LogP contribution in [0.3, 0.4) is 0 Å².